The second-order valence-electron chi connectivity index (χ2n) is 5.44. The number of aliphatic hydroxyl groups is 1. The highest BCUT2D eigenvalue weighted by Crippen LogP contribution is 2.21. The number of rotatable bonds is 9. The summed E-state index contributed by atoms with van der Waals surface area (Å²) in [6, 6.07) is 9.98. The lowest BCUT2D eigenvalue weighted by atomic mass is 9.92. The van der Waals surface area contributed by atoms with Crippen LogP contribution in [0, 0.1) is 5.92 Å². The maximum atomic E-state index is 9.73. The van der Waals surface area contributed by atoms with Gasteiger partial charge in [-0.3, -0.25) is 0 Å². The average Bonchev–Trinajstić information content (AvgIpc) is 2.44. The molecule has 3 nitrogen and oxygen atoms in total. The molecule has 1 aromatic rings. The molecular weight excluding hydrogens is 238 g/mol. The molecule has 1 unspecified atom stereocenters. The molecule has 1 aromatic carbocycles. The summed E-state index contributed by atoms with van der Waals surface area (Å²) in [5, 5.41) is 12.9. The van der Waals surface area contributed by atoms with Crippen molar-refractivity contribution in [3.05, 3.63) is 35.9 Å². The molecule has 2 N–H and O–H groups in total. The van der Waals surface area contributed by atoms with Crippen LogP contribution in [0.5, 0.6) is 0 Å². The predicted molar refractivity (Wildman–Crippen MR) is 79.2 cm³/mol. The second-order valence-corrected chi connectivity index (χ2v) is 5.44. The maximum Gasteiger partial charge on any atom is 0.0903 e. The molecule has 108 valence electrons. The molecule has 0 aliphatic carbocycles. The van der Waals surface area contributed by atoms with Crippen LogP contribution in [0.3, 0.4) is 0 Å². The van der Waals surface area contributed by atoms with Crippen molar-refractivity contribution >= 4 is 0 Å². The van der Waals surface area contributed by atoms with Crippen molar-refractivity contribution in [2.45, 2.75) is 32.2 Å². The summed E-state index contributed by atoms with van der Waals surface area (Å²) in [6.07, 6.45) is 2.24. The van der Waals surface area contributed by atoms with Gasteiger partial charge < -0.3 is 15.2 Å². The number of ether oxygens (including phenoxy) is 1. The fraction of sp³-hybridized carbons (Fsp3) is 0.625. The van der Waals surface area contributed by atoms with Crippen LogP contribution >= 0.6 is 0 Å². The molecule has 0 spiro atoms. The van der Waals surface area contributed by atoms with E-state index in [0.29, 0.717) is 12.5 Å². The highest BCUT2D eigenvalue weighted by molar-refractivity contribution is 5.24. The Morgan fingerprint density at radius 2 is 1.95 bits per heavy atom. The van der Waals surface area contributed by atoms with Gasteiger partial charge in [-0.2, -0.15) is 0 Å². The van der Waals surface area contributed by atoms with Crippen molar-refractivity contribution in [3.8, 4) is 0 Å². The van der Waals surface area contributed by atoms with Crippen LogP contribution in [-0.4, -0.2) is 32.0 Å². The zero-order valence-corrected chi connectivity index (χ0v) is 12.4. The Kier molecular flexibility index (Phi) is 7.06. The van der Waals surface area contributed by atoms with Crippen molar-refractivity contribution < 1.29 is 9.84 Å². The summed E-state index contributed by atoms with van der Waals surface area (Å²) in [4.78, 5) is 0. The molecule has 0 saturated carbocycles. The molecule has 0 amide bonds. The average molecular weight is 265 g/mol. The van der Waals surface area contributed by atoms with Crippen LogP contribution in [0.1, 0.15) is 32.3 Å². The minimum absolute atomic E-state index is 0.0255. The van der Waals surface area contributed by atoms with E-state index in [1.165, 1.54) is 6.42 Å². The molecule has 19 heavy (non-hydrogen) atoms. The molecule has 0 aliphatic rings. The normalized spacial score (nSPS) is 14.6. The lowest BCUT2D eigenvalue weighted by Gasteiger charge is -2.32. The Labute approximate surface area is 117 Å². The molecule has 0 fully saturated rings. The van der Waals surface area contributed by atoms with Gasteiger partial charge in [-0.05, 0) is 31.4 Å². The summed E-state index contributed by atoms with van der Waals surface area (Å²) >= 11 is 0. The Morgan fingerprint density at radius 3 is 2.47 bits per heavy atom. The number of aliphatic hydroxyl groups excluding tert-OH is 1. The summed E-state index contributed by atoms with van der Waals surface area (Å²) in [6.45, 7) is 5.69. The Hall–Kier alpha value is -0.900. The van der Waals surface area contributed by atoms with Crippen LogP contribution in [-0.2, 0) is 10.3 Å². The van der Waals surface area contributed by atoms with Crippen molar-refractivity contribution in [2.24, 2.45) is 5.92 Å². The smallest absolute Gasteiger partial charge is 0.0903 e. The van der Waals surface area contributed by atoms with Gasteiger partial charge >= 0.3 is 0 Å². The first-order valence-corrected chi connectivity index (χ1v) is 7.07. The van der Waals surface area contributed by atoms with Gasteiger partial charge in [-0.1, -0.05) is 44.2 Å². The van der Waals surface area contributed by atoms with E-state index in [0.717, 1.165) is 18.6 Å². The van der Waals surface area contributed by atoms with Crippen LogP contribution in [0.2, 0.25) is 0 Å². The van der Waals surface area contributed by atoms with Gasteiger partial charge in [0.15, 0.2) is 0 Å². The first-order chi connectivity index (χ1) is 9.14. The number of nitrogens with one attached hydrogen (secondary N) is 1. The van der Waals surface area contributed by atoms with E-state index in [1.807, 2.05) is 37.4 Å². The zero-order chi connectivity index (χ0) is 14.1. The van der Waals surface area contributed by atoms with Crippen LogP contribution in [0.15, 0.2) is 30.3 Å². The van der Waals surface area contributed by atoms with Gasteiger partial charge in [0, 0.05) is 6.61 Å². The Bertz CT molecular complexity index is 334. The van der Waals surface area contributed by atoms with E-state index >= 15 is 0 Å². The van der Waals surface area contributed by atoms with Crippen LogP contribution < -0.4 is 5.32 Å². The third kappa shape index (κ3) is 4.94. The molecule has 0 saturated heterocycles. The second kappa shape index (κ2) is 8.31. The van der Waals surface area contributed by atoms with Crippen molar-refractivity contribution in [1.29, 1.82) is 0 Å². The molecule has 0 bridgehead atoms. The minimum Gasteiger partial charge on any atom is -0.394 e. The molecule has 3 heteroatoms. The van der Waals surface area contributed by atoms with Gasteiger partial charge in [0.1, 0.15) is 0 Å². The van der Waals surface area contributed by atoms with E-state index in [4.69, 9.17) is 4.74 Å². The van der Waals surface area contributed by atoms with E-state index in [9.17, 15) is 5.11 Å². The van der Waals surface area contributed by atoms with Crippen molar-refractivity contribution in [1.82, 2.24) is 5.32 Å². The van der Waals surface area contributed by atoms with Gasteiger partial charge in [0.05, 0.1) is 18.8 Å². The summed E-state index contributed by atoms with van der Waals surface area (Å²) in [7, 11) is 1.86. The molecular formula is C16H27NO2. The molecule has 1 atom stereocenters. The van der Waals surface area contributed by atoms with Gasteiger partial charge in [0.2, 0.25) is 0 Å². The first-order valence-electron chi connectivity index (χ1n) is 7.07. The highest BCUT2D eigenvalue weighted by atomic mass is 16.5. The van der Waals surface area contributed by atoms with E-state index in [2.05, 4.69) is 19.2 Å². The number of hydrogen-bond acceptors (Lipinski definition) is 3. The largest absolute Gasteiger partial charge is 0.394 e. The number of benzene rings is 1. The maximum absolute atomic E-state index is 9.73. The fourth-order valence-electron chi connectivity index (χ4n) is 2.11. The summed E-state index contributed by atoms with van der Waals surface area (Å²) in [5.74, 6) is 0.713. The predicted octanol–water partition coefficient (Wildman–Crippen LogP) is 2.55. The van der Waals surface area contributed by atoms with Gasteiger partial charge in [-0.25, -0.2) is 0 Å². The summed E-state index contributed by atoms with van der Waals surface area (Å²) in [5.41, 5.74) is 0.558. The fourth-order valence-corrected chi connectivity index (χ4v) is 2.11. The van der Waals surface area contributed by atoms with Crippen LogP contribution in [0.25, 0.3) is 0 Å². The SMILES string of the molecule is CNC(CO)(COCCCC(C)C)c1ccccc1. The Balaban J connectivity index is 2.53. The third-order valence-corrected chi connectivity index (χ3v) is 3.49. The van der Waals surface area contributed by atoms with Gasteiger partial charge in [0.25, 0.3) is 0 Å². The lowest BCUT2D eigenvalue weighted by Crippen LogP contribution is -2.47. The number of likely N-dealkylation sites (N-methyl/N-ethyl adjacent to an activating group) is 1. The van der Waals surface area contributed by atoms with Crippen molar-refractivity contribution in [2.75, 3.05) is 26.9 Å². The first kappa shape index (κ1) is 16.2. The van der Waals surface area contributed by atoms with Crippen molar-refractivity contribution in [3.63, 3.8) is 0 Å². The quantitative estimate of drug-likeness (QED) is 0.674. The molecule has 0 heterocycles. The number of hydrogen-bond donors (Lipinski definition) is 2. The Morgan fingerprint density at radius 1 is 1.26 bits per heavy atom. The third-order valence-electron chi connectivity index (χ3n) is 3.49. The van der Waals surface area contributed by atoms with E-state index in [1.54, 1.807) is 0 Å². The van der Waals surface area contributed by atoms with E-state index in [-0.39, 0.29) is 6.61 Å². The molecule has 0 radical (unpaired) electrons. The van der Waals surface area contributed by atoms with E-state index < -0.39 is 5.54 Å². The van der Waals surface area contributed by atoms with Crippen LogP contribution in [0.4, 0.5) is 0 Å². The monoisotopic (exact) mass is 265 g/mol. The minimum atomic E-state index is -0.501. The zero-order valence-electron chi connectivity index (χ0n) is 12.4. The molecule has 1 rings (SSSR count). The molecule has 0 aliphatic heterocycles. The lowest BCUT2D eigenvalue weighted by molar-refractivity contribution is 0.0351. The summed E-state index contributed by atoms with van der Waals surface area (Å²) < 4.78 is 5.76. The topological polar surface area (TPSA) is 41.5 Å². The molecule has 0 aromatic heterocycles. The standard InChI is InChI=1S/C16H27NO2/c1-14(2)8-7-11-19-13-16(12-18,17-3)15-9-5-4-6-10-15/h4-6,9-10,14,17-18H,7-8,11-13H2,1-3H3. The highest BCUT2D eigenvalue weighted by Gasteiger charge is 2.29. The van der Waals surface area contributed by atoms with Gasteiger partial charge in [-0.15, -0.1) is 0 Å².